The molecule has 0 radical (unpaired) electrons. The Morgan fingerprint density at radius 2 is 2.10 bits per heavy atom. The molecule has 2 N–H and O–H groups in total. The number of nitrogens with zero attached hydrogens (tertiary/aromatic N) is 2. The summed E-state index contributed by atoms with van der Waals surface area (Å²) in [7, 11) is -2.36. The van der Waals surface area contributed by atoms with E-state index in [1.165, 1.54) is 18.4 Å². The van der Waals surface area contributed by atoms with E-state index >= 15 is 0 Å². The van der Waals surface area contributed by atoms with E-state index in [-0.39, 0.29) is 13.0 Å². The molecule has 1 aromatic heterocycles. The summed E-state index contributed by atoms with van der Waals surface area (Å²) in [6.45, 7) is 5.36. The molecular weight excluding hydrogens is 302 g/mol. The summed E-state index contributed by atoms with van der Waals surface area (Å²) in [4.78, 5) is 15.6. The first-order valence-electron chi connectivity index (χ1n) is 6.02. The van der Waals surface area contributed by atoms with Crippen molar-refractivity contribution in [3.05, 3.63) is 15.6 Å². The van der Waals surface area contributed by atoms with Crippen LogP contribution in [0.2, 0.25) is 0 Å². The van der Waals surface area contributed by atoms with Crippen LogP contribution in [0.1, 0.15) is 35.0 Å². The smallest absolute Gasteiger partial charge is 0.304 e. The van der Waals surface area contributed by atoms with Crippen molar-refractivity contribution in [2.45, 2.75) is 33.2 Å². The third kappa shape index (κ3) is 4.51. The van der Waals surface area contributed by atoms with Gasteiger partial charge >= 0.3 is 5.97 Å². The predicted molar refractivity (Wildman–Crippen MR) is 76.9 cm³/mol. The average molecular weight is 321 g/mol. The van der Waals surface area contributed by atoms with Crippen LogP contribution in [0.15, 0.2) is 0 Å². The molecule has 20 heavy (non-hydrogen) atoms. The zero-order valence-corrected chi connectivity index (χ0v) is 13.5. The van der Waals surface area contributed by atoms with E-state index in [1.807, 2.05) is 13.8 Å². The van der Waals surface area contributed by atoms with Crippen LogP contribution in [0.25, 0.3) is 0 Å². The van der Waals surface area contributed by atoms with Gasteiger partial charge < -0.3 is 5.11 Å². The second-order valence-corrected chi connectivity index (χ2v) is 7.54. The molecule has 7 nitrogen and oxygen atoms in total. The Morgan fingerprint density at radius 3 is 2.55 bits per heavy atom. The van der Waals surface area contributed by atoms with E-state index in [4.69, 9.17) is 5.11 Å². The fourth-order valence-corrected chi connectivity index (χ4v) is 3.77. The first-order valence-corrected chi connectivity index (χ1v) is 8.28. The van der Waals surface area contributed by atoms with Crippen LogP contribution in [0, 0.1) is 13.8 Å². The number of aromatic nitrogens is 1. The van der Waals surface area contributed by atoms with Gasteiger partial charge in [0.25, 0.3) is 10.2 Å². The van der Waals surface area contributed by atoms with Crippen molar-refractivity contribution in [1.29, 1.82) is 0 Å². The monoisotopic (exact) mass is 321 g/mol. The van der Waals surface area contributed by atoms with E-state index in [9.17, 15) is 13.2 Å². The van der Waals surface area contributed by atoms with Gasteiger partial charge in [-0.15, -0.1) is 11.3 Å². The van der Waals surface area contributed by atoms with E-state index in [1.54, 1.807) is 6.92 Å². The minimum Gasteiger partial charge on any atom is -0.481 e. The Balaban J connectivity index is 2.75. The third-order valence-corrected chi connectivity index (χ3v) is 5.62. The maximum atomic E-state index is 12.1. The summed E-state index contributed by atoms with van der Waals surface area (Å²) in [6, 6.07) is -0.404. The van der Waals surface area contributed by atoms with Gasteiger partial charge in [-0.2, -0.15) is 17.4 Å². The highest BCUT2D eigenvalue weighted by Gasteiger charge is 2.23. The van der Waals surface area contributed by atoms with Gasteiger partial charge in [-0.3, -0.25) is 4.79 Å². The van der Waals surface area contributed by atoms with Crippen LogP contribution in [0.4, 0.5) is 0 Å². The Kier molecular flexibility index (Phi) is 5.63. The molecule has 0 fully saturated rings. The molecule has 0 amide bonds. The SMILES string of the molecule is Cc1nc(C)c(C(C)NS(=O)(=O)N(C)CCC(=O)O)s1. The van der Waals surface area contributed by atoms with E-state index < -0.39 is 22.2 Å². The Hall–Kier alpha value is -1.03. The van der Waals surface area contributed by atoms with Gasteiger partial charge in [0.2, 0.25) is 0 Å². The Bertz CT molecular complexity index is 582. The number of thiazole rings is 1. The Morgan fingerprint density at radius 1 is 1.50 bits per heavy atom. The standard InChI is InChI=1S/C11H19N3O4S2/c1-7-11(19-9(3)12-7)8(2)13-20(17,18)14(4)6-5-10(15)16/h8,13H,5-6H2,1-4H3,(H,15,16). The summed E-state index contributed by atoms with van der Waals surface area (Å²) < 4.78 is 27.6. The van der Waals surface area contributed by atoms with Crippen LogP contribution in [0.5, 0.6) is 0 Å². The molecule has 1 aromatic rings. The molecule has 0 aliphatic rings. The third-order valence-electron chi connectivity index (χ3n) is 2.71. The zero-order chi connectivity index (χ0) is 15.5. The van der Waals surface area contributed by atoms with Crippen LogP contribution >= 0.6 is 11.3 Å². The number of rotatable bonds is 7. The van der Waals surface area contributed by atoms with Gasteiger partial charge in [0, 0.05) is 18.5 Å². The Labute approximate surface area is 122 Å². The number of aliphatic carboxylic acids is 1. The van der Waals surface area contributed by atoms with Crippen LogP contribution < -0.4 is 4.72 Å². The van der Waals surface area contributed by atoms with Crippen LogP contribution in [0.3, 0.4) is 0 Å². The topological polar surface area (TPSA) is 99.6 Å². The fourth-order valence-electron chi connectivity index (χ4n) is 1.69. The van der Waals surface area contributed by atoms with Crippen molar-refractivity contribution < 1.29 is 18.3 Å². The lowest BCUT2D eigenvalue weighted by Gasteiger charge is -2.20. The molecule has 1 rings (SSSR count). The van der Waals surface area contributed by atoms with Crippen molar-refractivity contribution in [3.63, 3.8) is 0 Å². The molecule has 0 aromatic carbocycles. The predicted octanol–water partition coefficient (Wildman–Crippen LogP) is 1.06. The zero-order valence-electron chi connectivity index (χ0n) is 11.9. The van der Waals surface area contributed by atoms with Crippen molar-refractivity contribution in [1.82, 2.24) is 14.0 Å². The summed E-state index contributed by atoms with van der Waals surface area (Å²) in [5, 5.41) is 9.46. The number of aryl methyl sites for hydroxylation is 2. The van der Waals surface area contributed by atoms with Crippen molar-refractivity contribution in [3.8, 4) is 0 Å². The quantitative estimate of drug-likeness (QED) is 0.782. The fraction of sp³-hybridized carbons (Fsp3) is 0.636. The summed E-state index contributed by atoms with van der Waals surface area (Å²) in [5.41, 5.74) is 0.802. The largest absolute Gasteiger partial charge is 0.481 e. The maximum absolute atomic E-state index is 12.1. The minimum absolute atomic E-state index is 0.0713. The average Bonchev–Trinajstić information content (AvgIpc) is 2.64. The highest BCUT2D eigenvalue weighted by atomic mass is 32.2. The van der Waals surface area contributed by atoms with Crippen molar-refractivity contribution in [2.75, 3.05) is 13.6 Å². The van der Waals surface area contributed by atoms with Gasteiger partial charge in [-0.25, -0.2) is 4.98 Å². The van der Waals surface area contributed by atoms with Gasteiger partial charge in [-0.05, 0) is 20.8 Å². The number of hydrogen-bond donors (Lipinski definition) is 2. The number of carbonyl (C=O) groups is 1. The van der Waals surface area contributed by atoms with Crippen LogP contribution in [-0.2, 0) is 15.0 Å². The second-order valence-electron chi connectivity index (χ2n) is 4.49. The molecule has 0 spiro atoms. The summed E-state index contributed by atoms with van der Waals surface area (Å²) >= 11 is 1.44. The molecule has 1 atom stereocenters. The van der Waals surface area contributed by atoms with E-state index in [0.717, 1.165) is 19.9 Å². The normalized spacial score (nSPS) is 13.7. The molecular formula is C11H19N3O4S2. The first-order chi connectivity index (χ1) is 9.13. The molecule has 0 saturated heterocycles. The van der Waals surface area contributed by atoms with Gasteiger partial charge in [0.15, 0.2) is 0 Å². The highest BCUT2D eigenvalue weighted by molar-refractivity contribution is 7.87. The van der Waals surface area contributed by atoms with Crippen molar-refractivity contribution >= 4 is 27.5 Å². The lowest BCUT2D eigenvalue weighted by Crippen LogP contribution is -2.40. The number of nitrogens with one attached hydrogen (secondary N) is 1. The number of hydrogen-bond acceptors (Lipinski definition) is 5. The molecule has 0 saturated carbocycles. The lowest BCUT2D eigenvalue weighted by atomic mass is 10.2. The summed E-state index contributed by atoms with van der Waals surface area (Å²) in [5.74, 6) is -1.03. The molecule has 1 unspecified atom stereocenters. The number of carboxylic acids is 1. The number of carboxylic acid groups (broad SMARTS) is 1. The maximum Gasteiger partial charge on any atom is 0.304 e. The van der Waals surface area contributed by atoms with E-state index in [2.05, 4.69) is 9.71 Å². The molecule has 0 aliphatic heterocycles. The van der Waals surface area contributed by atoms with Gasteiger partial charge in [0.05, 0.1) is 23.2 Å². The minimum atomic E-state index is -3.71. The first kappa shape index (κ1) is 17.0. The highest BCUT2D eigenvalue weighted by Crippen LogP contribution is 2.25. The molecule has 0 aliphatic carbocycles. The molecule has 0 bridgehead atoms. The van der Waals surface area contributed by atoms with Gasteiger partial charge in [0.1, 0.15) is 0 Å². The second kappa shape index (κ2) is 6.61. The molecule has 1 heterocycles. The molecule has 9 heteroatoms. The van der Waals surface area contributed by atoms with E-state index in [0.29, 0.717) is 0 Å². The van der Waals surface area contributed by atoms with Crippen LogP contribution in [-0.4, -0.2) is 42.4 Å². The lowest BCUT2D eigenvalue weighted by molar-refractivity contribution is -0.137. The van der Waals surface area contributed by atoms with Gasteiger partial charge in [-0.1, -0.05) is 0 Å². The summed E-state index contributed by atoms with van der Waals surface area (Å²) in [6.07, 6.45) is -0.232. The molecule has 114 valence electrons. The van der Waals surface area contributed by atoms with Crippen molar-refractivity contribution in [2.24, 2.45) is 0 Å².